The fraction of sp³-hybridized carbons (Fsp3) is 0.556. The molecule has 0 aliphatic rings. The van der Waals surface area contributed by atoms with Gasteiger partial charge in [-0.15, -0.1) is 0 Å². The van der Waals surface area contributed by atoms with Crippen LogP contribution in [-0.4, -0.2) is 0 Å². The van der Waals surface area contributed by atoms with Crippen molar-refractivity contribution < 1.29 is 0 Å². The highest BCUT2D eigenvalue weighted by Gasteiger charge is 2.29. The van der Waals surface area contributed by atoms with Crippen LogP contribution in [0.4, 0.5) is 0 Å². The molecule has 2 aromatic carbocycles. The average molecular weight is 459 g/mol. The van der Waals surface area contributed by atoms with Gasteiger partial charge >= 0.3 is 0 Å². The summed E-state index contributed by atoms with van der Waals surface area (Å²) in [5, 5.41) is 2.86. The summed E-state index contributed by atoms with van der Waals surface area (Å²) in [7, 11) is 1.29. The van der Waals surface area contributed by atoms with E-state index in [4.69, 9.17) is 11.8 Å². The highest BCUT2D eigenvalue weighted by atomic mass is 32.5. The first-order valence-electron chi connectivity index (χ1n) is 10.9. The van der Waals surface area contributed by atoms with Gasteiger partial charge in [-0.1, -0.05) is 104 Å². The Balaban J connectivity index is 2.95. The van der Waals surface area contributed by atoms with Gasteiger partial charge in [-0.05, 0) is 72.7 Å². The number of benzene rings is 2. The van der Waals surface area contributed by atoms with Crippen LogP contribution < -0.4 is 10.6 Å². The van der Waals surface area contributed by atoms with Gasteiger partial charge in [-0.3, -0.25) is 0 Å². The smallest absolute Gasteiger partial charge is 0.0198 e. The lowest BCUT2D eigenvalue weighted by atomic mass is 9.75. The molecular formula is C27H40P2S. The molecule has 0 nitrogen and oxygen atoms in total. The molecule has 0 spiro atoms. The van der Waals surface area contributed by atoms with E-state index in [9.17, 15) is 0 Å². The predicted molar refractivity (Wildman–Crippen MR) is 144 cm³/mol. The molecule has 0 saturated carbocycles. The third-order valence-electron chi connectivity index (χ3n) is 5.61. The summed E-state index contributed by atoms with van der Waals surface area (Å²) in [4.78, 5) is 0. The average Bonchev–Trinajstić information content (AvgIpc) is 2.54. The summed E-state index contributed by atoms with van der Waals surface area (Å²) < 4.78 is 0. The van der Waals surface area contributed by atoms with E-state index in [1.54, 1.807) is 0 Å². The minimum atomic E-state index is -0.757. The molecule has 1 atom stereocenters. The van der Waals surface area contributed by atoms with Crippen LogP contribution >= 0.6 is 13.9 Å². The Bertz CT molecular complexity index is 974. The van der Waals surface area contributed by atoms with E-state index >= 15 is 0 Å². The van der Waals surface area contributed by atoms with Gasteiger partial charge in [0.25, 0.3) is 0 Å². The van der Waals surface area contributed by atoms with Crippen molar-refractivity contribution in [2.45, 2.75) is 99.3 Å². The molecule has 0 aliphatic carbocycles. The Kier molecular flexibility index (Phi) is 7.36. The summed E-state index contributed by atoms with van der Waals surface area (Å²) in [5.41, 5.74) is 8.60. The lowest BCUT2D eigenvalue weighted by molar-refractivity contribution is 0.554. The van der Waals surface area contributed by atoms with E-state index in [0.717, 1.165) is 0 Å². The third kappa shape index (κ3) is 5.73. The summed E-state index contributed by atoms with van der Waals surface area (Å²) in [5.74, 6) is -0.757. The Morgan fingerprint density at radius 2 is 1.07 bits per heavy atom. The first-order chi connectivity index (χ1) is 13.4. The van der Waals surface area contributed by atoms with Crippen LogP contribution in [0, 0.1) is 20.8 Å². The second kappa shape index (κ2) is 8.65. The molecule has 2 rings (SSSR count). The minimum absolute atomic E-state index is 0.0584. The number of aryl methyl sites for hydroxylation is 3. The molecule has 0 aliphatic heterocycles. The molecular weight excluding hydrogens is 418 g/mol. The molecule has 0 aromatic heterocycles. The molecule has 30 heavy (non-hydrogen) atoms. The van der Waals surface area contributed by atoms with E-state index in [1.165, 1.54) is 51.9 Å². The molecule has 0 bridgehead atoms. The van der Waals surface area contributed by atoms with E-state index in [1.807, 2.05) is 0 Å². The van der Waals surface area contributed by atoms with Crippen LogP contribution in [0.1, 0.15) is 95.7 Å². The van der Waals surface area contributed by atoms with Gasteiger partial charge < -0.3 is 0 Å². The standard InChI is InChI=1S/C27H40P2S/c1-17-13-18(2)23(19(3)14-17)28-29(30)24-21(26(7,8)9)15-20(25(4,5)6)16-22(24)27(10,11)12/h13-16H,1-12H3. The number of hydrogen-bond donors (Lipinski definition) is 0. The Morgan fingerprint density at radius 1 is 0.667 bits per heavy atom. The van der Waals surface area contributed by atoms with Crippen molar-refractivity contribution in [3.63, 3.8) is 0 Å². The van der Waals surface area contributed by atoms with Gasteiger partial charge in [-0.2, -0.15) is 0 Å². The van der Waals surface area contributed by atoms with Crippen molar-refractivity contribution in [2.24, 2.45) is 0 Å². The SMILES string of the molecule is Cc1cc(C)c(P=P(=S)c2c(C(C)(C)C)cc(C(C)(C)C)cc2C(C)(C)C)c(C)c1. The van der Waals surface area contributed by atoms with Crippen molar-refractivity contribution in [1.29, 1.82) is 0 Å². The molecule has 164 valence electrons. The Labute approximate surface area is 193 Å². The molecule has 0 saturated heterocycles. The maximum atomic E-state index is 6.34. The van der Waals surface area contributed by atoms with E-state index in [0.29, 0.717) is 0 Å². The highest BCUT2D eigenvalue weighted by Crippen LogP contribution is 2.39. The predicted octanol–water partition coefficient (Wildman–Crippen LogP) is 8.26. The summed E-state index contributed by atoms with van der Waals surface area (Å²) >= 11 is 6.34. The summed E-state index contributed by atoms with van der Waals surface area (Å²) in [6.07, 6.45) is 0. The van der Waals surface area contributed by atoms with Crippen molar-refractivity contribution in [3.8, 4) is 0 Å². The second-order valence-corrected chi connectivity index (χ2v) is 17.1. The number of rotatable bonds is 2. The Morgan fingerprint density at radius 3 is 1.40 bits per heavy atom. The molecule has 0 heterocycles. The zero-order chi connectivity index (χ0) is 23.2. The molecule has 2 aromatic rings. The zero-order valence-corrected chi connectivity index (χ0v) is 23.7. The van der Waals surface area contributed by atoms with Crippen LogP contribution in [-0.2, 0) is 28.1 Å². The van der Waals surface area contributed by atoms with Gasteiger partial charge in [0.1, 0.15) is 0 Å². The van der Waals surface area contributed by atoms with E-state index < -0.39 is 5.98 Å². The Hall–Kier alpha value is -0.740. The van der Waals surface area contributed by atoms with Crippen LogP contribution in [0.15, 0.2) is 24.3 Å². The normalized spacial score (nSPS) is 13.7. The van der Waals surface area contributed by atoms with E-state index in [2.05, 4.69) is 107 Å². The molecule has 3 heteroatoms. The monoisotopic (exact) mass is 458 g/mol. The first kappa shape index (κ1) is 25.5. The van der Waals surface area contributed by atoms with Crippen molar-refractivity contribution in [1.82, 2.24) is 0 Å². The van der Waals surface area contributed by atoms with Crippen molar-refractivity contribution in [3.05, 3.63) is 57.6 Å². The molecule has 1 unspecified atom stereocenters. The fourth-order valence-electron chi connectivity index (χ4n) is 3.89. The summed E-state index contributed by atoms with van der Waals surface area (Å²) in [6.45, 7) is 27.6. The van der Waals surface area contributed by atoms with Crippen LogP contribution in [0.2, 0.25) is 0 Å². The topological polar surface area (TPSA) is 0 Å². The molecule has 0 amide bonds. The third-order valence-corrected chi connectivity index (χ3v) is 10.6. The lowest BCUT2D eigenvalue weighted by Gasteiger charge is -2.32. The largest absolute Gasteiger partial charge is 0.0561 e. The van der Waals surface area contributed by atoms with Crippen LogP contribution in [0.3, 0.4) is 0 Å². The van der Waals surface area contributed by atoms with Gasteiger partial charge in [-0.25, -0.2) is 0 Å². The molecule has 0 N–H and O–H groups in total. The minimum Gasteiger partial charge on any atom is -0.0561 e. The lowest BCUT2D eigenvalue weighted by Crippen LogP contribution is -2.30. The maximum Gasteiger partial charge on any atom is 0.0198 e. The quantitative estimate of drug-likeness (QED) is 0.408. The number of hydrogen-bond acceptors (Lipinski definition) is 1. The van der Waals surface area contributed by atoms with Gasteiger partial charge in [0, 0.05) is 16.6 Å². The first-order valence-corrected chi connectivity index (χ1v) is 14.8. The van der Waals surface area contributed by atoms with Gasteiger partial charge in [0.15, 0.2) is 0 Å². The highest BCUT2D eigenvalue weighted by molar-refractivity contribution is 8.23. The van der Waals surface area contributed by atoms with Crippen LogP contribution in [0.5, 0.6) is 0 Å². The fourth-order valence-corrected chi connectivity index (χ4v) is 9.59. The van der Waals surface area contributed by atoms with Gasteiger partial charge in [0.2, 0.25) is 0 Å². The summed E-state index contributed by atoms with van der Waals surface area (Å²) in [6, 6.07) is 9.50. The molecule has 0 fully saturated rings. The van der Waals surface area contributed by atoms with Crippen molar-refractivity contribution in [2.75, 3.05) is 0 Å². The molecule has 0 radical (unpaired) electrons. The maximum absolute atomic E-state index is 6.34. The zero-order valence-electron chi connectivity index (χ0n) is 21.1. The van der Waals surface area contributed by atoms with Gasteiger partial charge in [0.05, 0.1) is 0 Å². The second-order valence-electron chi connectivity index (χ2n) is 11.8. The van der Waals surface area contributed by atoms with Crippen molar-refractivity contribution >= 4 is 36.3 Å². The van der Waals surface area contributed by atoms with Crippen LogP contribution in [0.25, 0.3) is 0 Å². The van der Waals surface area contributed by atoms with E-state index in [-0.39, 0.29) is 16.2 Å².